The first-order chi connectivity index (χ1) is 17.4. The van der Waals surface area contributed by atoms with E-state index in [1.54, 1.807) is 44.2 Å². The fraction of sp³-hybridized carbons (Fsp3) is 0.333. The van der Waals surface area contributed by atoms with Gasteiger partial charge in [-0.2, -0.15) is 0 Å². The number of carbonyl (C=O) groups is 2. The Kier molecular flexibility index (Phi) is 3.97. The summed E-state index contributed by atoms with van der Waals surface area (Å²) in [6, 6.07) is 16.6. The third kappa shape index (κ3) is 2.14. The number of esters is 2. The minimum atomic E-state index is -1.59. The zero-order valence-corrected chi connectivity index (χ0v) is 19.6. The number of aromatic nitrogens is 3. The molecule has 9 heteroatoms. The minimum Gasteiger partial charge on any atom is -0.461 e. The Hall–Kier alpha value is -4.14. The number of hydrogen-bond donors (Lipinski definition) is 0. The van der Waals surface area contributed by atoms with Crippen molar-refractivity contribution in [2.75, 3.05) is 0 Å². The van der Waals surface area contributed by atoms with Crippen molar-refractivity contribution in [1.29, 1.82) is 0 Å². The Labute approximate surface area is 205 Å². The van der Waals surface area contributed by atoms with Crippen molar-refractivity contribution in [3.8, 4) is 5.69 Å². The first kappa shape index (κ1) is 21.2. The summed E-state index contributed by atoms with van der Waals surface area (Å²) in [5.41, 5.74) is -2.35. The van der Waals surface area contributed by atoms with Crippen LogP contribution in [0.25, 0.3) is 5.69 Å². The van der Waals surface area contributed by atoms with Crippen LogP contribution in [0.3, 0.4) is 0 Å². The molecule has 0 radical (unpaired) electrons. The summed E-state index contributed by atoms with van der Waals surface area (Å²) in [6.07, 6.45) is 2.43. The number of carbonyl (C=O) groups excluding carboxylic acids is 2. The number of hydrogen-bond acceptors (Lipinski definition) is 6. The Morgan fingerprint density at radius 3 is 2.28 bits per heavy atom. The van der Waals surface area contributed by atoms with Crippen molar-refractivity contribution in [3.63, 3.8) is 0 Å². The van der Waals surface area contributed by atoms with Crippen LogP contribution in [0, 0.1) is 16.7 Å². The van der Waals surface area contributed by atoms with E-state index < -0.39 is 64.4 Å². The molecule has 182 valence electrons. The average Bonchev–Trinajstić information content (AvgIpc) is 3.42. The van der Waals surface area contributed by atoms with Crippen LogP contribution < -0.4 is 11.4 Å². The van der Waals surface area contributed by atoms with Gasteiger partial charge in [-0.25, -0.2) is 23.5 Å². The van der Waals surface area contributed by atoms with Gasteiger partial charge in [-0.3, -0.25) is 9.59 Å². The quantitative estimate of drug-likeness (QED) is 0.319. The zero-order chi connectivity index (χ0) is 25.0. The summed E-state index contributed by atoms with van der Waals surface area (Å²) in [7, 11) is 0. The number of rotatable bonds is 4. The number of allylic oxidation sites excluding steroid dienone is 2. The van der Waals surface area contributed by atoms with Crippen LogP contribution in [-0.4, -0.2) is 32.0 Å². The van der Waals surface area contributed by atoms with Crippen LogP contribution in [0.1, 0.15) is 37.6 Å². The maximum atomic E-state index is 13.8. The summed E-state index contributed by atoms with van der Waals surface area (Å²) in [4.78, 5) is 54.4. The highest BCUT2D eigenvalue weighted by molar-refractivity contribution is 6.08. The van der Waals surface area contributed by atoms with Gasteiger partial charge in [0.1, 0.15) is 12.2 Å². The molecule has 1 saturated heterocycles. The lowest BCUT2D eigenvalue weighted by atomic mass is 9.79. The van der Waals surface area contributed by atoms with E-state index >= 15 is 0 Å². The van der Waals surface area contributed by atoms with Crippen LogP contribution in [0.5, 0.6) is 0 Å². The Balaban J connectivity index is 1.36. The molecule has 5 aliphatic rings. The molecule has 3 aliphatic heterocycles. The smallest absolute Gasteiger partial charge is 0.352 e. The molecule has 1 spiro atoms. The first-order valence-electron chi connectivity index (χ1n) is 12.0. The van der Waals surface area contributed by atoms with Gasteiger partial charge in [-0.05, 0) is 31.5 Å². The van der Waals surface area contributed by atoms with Gasteiger partial charge in [0.25, 0.3) is 0 Å². The summed E-state index contributed by atoms with van der Waals surface area (Å²) >= 11 is 0. The number of para-hydroxylation sites is 1. The molecule has 0 amide bonds. The highest BCUT2D eigenvalue weighted by Crippen LogP contribution is 2.85. The normalized spacial score (nSPS) is 33.3. The van der Waals surface area contributed by atoms with Gasteiger partial charge in [0.15, 0.2) is 5.41 Å². The largest absolute Gasteiger partial charge is 0.461 e. The van der Waals surface area contributed by atoms with Gasteiger partial charge in [0.05, 0.1) is 23.2 Å². The van der Waals surface area contributed by atoms with Gasteiger partial charge in [0, 0.05) is 5.92 Å². The average molecular weight is 485 g/mol. The second-order valence-electron chi connectivity index (χ2n) is 9.97. The number of cyclic esters (lactones) is 1. The number of ether oxygens (including phenoxy) is 2. The minimum absolute atomic E-state index is 0.460. The van der Waals surface area contributed by atoms with Crippen molar-refractivity contribution >= 4 is 11.9 Å². The number of benzene rings is 2. The van der Waals surface area contributed by atoms with E-state index in [0.29, 0.717) is 5.69 Å². The molecule has 8 rings (SSSR count). The van der Waals surface area contributed by atoms with Crippen molar-refractivity contribution < 1.29 is 19.1 Å². The second-order valence-corrected chi connectivity index (χ2v) is 9.97. The van der Waals surface area contributed by atoms with E-state index in [9.17, 15) is 19.2 Å². The molecule has 2 fully saturated rings. The predicted molar refractivity (Wildman–Crippen MR) is 126 cm³/mol. The summed E-state index contributed by atoms with van der Waals surface area (Å²) < 4.78 is 15.4. The van der Waals surface area contributed by atoms with Gasteiger partial charge >= 0.3 is 23.3 Å². The van der Waals surface area contributed by atoms with Crippen molar-refractivity contribution in [2.45, 2.75) is 38.1 Å². The van der Waals surface area contributed by atoms with Crippen LogP contribution in [-0.2, 0) is 19.1 Å². The highest BCUT2D eigenvalue weighted by atomic mass is 16.6. The third-order valence-corrected chi connectivity index (χ3v) is 8.62. The summed E-state index contributed by atoms with van der Waals surface area (Å²) in [5.74, 6) is -1.86. The predicted octanol–water partition coefficient (Wildman–Crippen LogP) is 2.32. The fourth-order valence-electron chi connectivity index (χ4n) is 7.20. The van der Waals surface area contributed by atoms with Crippen molar-refractivity contribution in [1.82, 2.24) is 13.9 Å². The molecule has 2 aliphatic carbocycles. The Morgan fingerprint density at radius 2 is 1.58 bits per heavy atom. The van der Waals surface area contributed by atoms with E-state index in [1.807, 2.05) is 42.5 Å². The maximum absolute atomic E-state index is 13.8. The van der Waals surface area contributed by atoms with Gasteiger partial charge in [-0.1, -0.05) is 60.7 Å². The lowest BCUT2D eigenvalue weighted by molar-refractivity contribution is -0.166. The molecule has 1 aromatic heterocycles. The first-order valence-corrected chi connectivity index (χ1v) is 12.0. The van der Waals surface area contributed by atoms with Gasteiger partial charge < -0.3 is 9.47 Å². The maximum Gasteiger partial charge on any atom is 0.352 e. The SMILES string of the molecule is C[C@H](OC(=O)[C@]12C(=O)O[C@@H](C)C13C1C=CC([C@H]32)n2c(=O)n(-c3ccccc3)c(=O)n21)c1ccccc1. The molecular weight excluding hydrogens is 462 g/mol. The molecular formula is C27H23N3O6. The molecule has 3 unspecified atom stereocenters. The zero-order valence-electron chi connectivity index (χ0n) is 19.6. The Morgan fingerprint density at radius 1 is 0.944 bits per heavy atom. The molecule has 2 aromatic carbocycles. The molecule has 7 atom stereocenters. The molecule has 1 saturated carbocycles. The van der Waals surface area contributed by atoms with Gasteiger partial charge in [0.2, 0.25) is 0 Å². The standard InChI is InChI=1S/C27H23N3O6/c1-15(17-9-5-3-6-10-17)35-22(31)27-21-19-13-14-20(26(21,27)16(2)36-23(27)32)30-25(34)28(24(33)29(19)30)18-11-7-4-8-12-18/h3-16,19-21H,1-2H3/t15-,16-,19?,20?,21+,26?,27+/m0/s1. The van der Waals surface area contributed by atoms with Crippen LogP contribution in [0.2, 0.25) is 0 Å². The topological polar surface area (TPSA) is 102 Å². The highest BCUT2D eigenvalue weighted by Gasteiger charge is 2.97. The van der Waals surface area contributed by atoms with E-state index in [2.05, 4.69) is 0 Å². The lowest BCUT2D eigenvalue weighted by Gasteiger charge is -2.40. The molecule has 0 N–H and O–H groups in total. The Bertz CT molecular complexity index is 1580. The second kappa shape index (κ2) is 6.75. The number of nitrogens with zero attached hydrogens (tertiary/aromatic N) is 3. The molecule has 9 nitrogen and oxygen atoms in total. The van der Waals surface area contributed by atoms with Crippen LogP contribution in [0.15, 0.2) is 82.4 Å². The van der Waals surface area contributed by atoms with E-state index in [-0.39, 0.29) is 0 Å². The monoisotopic (exact) mass is 485 g/mol. The molecule has 2 bridgehead atoms. The van der Waals surface area contributed by atoms with Crippen LogP contribution in [0.4, 0.5) is 0 Å². The van der Waals surface area contributed by atoms with Crippen LogP contribution >= 0.6 is 0 Å². The van der Waals surface area contributed by atoms with Gasteiger partial charge in [-0.15, -0.1) is 0 Å². The third-order valence-electron chi connectivity index (χ3n) is 8.62. The van der Waals surface area contributed by atoms with E-state index in [4.69, 9.17) is 9.47 Å². The summed E-state index contributed by atoms with van der Waals surface area (Å²) in [5, 5.41) is 0. The van der Waals surface area contributed by atoms with Crippen molar-refractivity contribution in [2.24, 2.45) is 16.7 Å². The lowest BCUT2D eigenvalue weighted by Crippen LogP contribution is -2.48. The van der Waals surface area contributed by atoms with Crippen molar-refractivity contribution in [3.05, 3.63) is 99.3 Å². The van der Waals surface area contributed by atoms with E-state index in [0.717, 1.165) is 10.1 Å². The molecule has 4 heterocycles. The molecule has 3 aromatic rings. The summed E-state index contributed by atoms with van der Waals surface area (Å²) in [6.45, 7) is 3.51. The molecule has 36 heavy (non-hydrogen) atoms. The van der Waals surface area contributed by atoms with E-state index in [1.165, 1.54) is 9.36 Å². The fourth-order valence-corrected chi connectivity index (χ4v) is 7.20.